The number of piperidine rings is 1. The number of methoxy groups -OCH3 is 1. The van der Waals surface area contributed by atoms with E-state index >= 15 is 0 Å². The second-order valence-corrected chi connectivity index (χ2v) is 8.91. The Kier molecular flexibility index (Phi) is 7.95. The molecule has 1 aliphatic rings. The van der Waals surface area contributed by atoms with E-state index in [1.165, 1.54) is 28.2 Å². The summed E-state index contributed by atoms with van der Waals surface area (Å²) in [5.41, 5.74) is 1.22. The molecule has 29 heavy (non-hydrogen) atoms. The van der Waals surface area contributed by atoms with E-state index in [-0.39, 0.29) is 0 Å². The van der Waals surface area contributed by atoms with E-state index in [4.69, 9.17) is 9.73 Å². The number of thiophene rings is 1. The first-order chi connectivity index (χ1) is 14.1. The first kappa shape index (κ1) is 21.7. The number of nitrogens with one attached hydrogen (secondary N) is 2. The minimum absolute atomic E-state index is 0.501. The molecule has 3 rings (SSSR count). The minimum Gasteiger partial charge on any atom is -0.497 e. The Morgan fingerprint density at radius 1 is 1.17 bits per heavy atom. The molecule has 5 nitrogen and oxygen atoms in total. The lowest BCUT2D eigenvalue weighted by atomic mass is 10.0. The second kappa shape index (κ2) is 10.6. The Morgan fingerprint density at radius 2 is 1.90 bits per heavy atom. The van der Waals surface area contributed by atoms with Crippen molar-refractivity contribution < 1.29 is 4.74 Å². The van der Waals surface area contributed by atoms with Crippen LogP contribution in [0.2, 0.25) is 0 Å². The lowest BCUT2D eigenvalue weighted by Gasteiger charge is -2.35. The summed E-state index contributed by atoms with van der Waals surface area (Å²) in [6.45, 7) is 10.6. The molecule has 0 atom stereocenters. The third-order valence-corrected chi connectivity index (χ3v) is 6.49. The Hall–Kier alpha value is -2.05. The predicted octanol–water partition coefficient (Wildman–Crippen LogP) is 4.35. The quantitative estimate of drug-likeness (QED) is 0.522. The summed E-state index contributed by atoms with van der Waals surface area (Å²) in [6.07, 6.45) is 2.34. The average molecular weight is 415 g/mol. The fourth-order valence-corrected chi connectivity index (χ4v) is 4.54. The first-order valence-electron chi connectivity index (χ1n) is 10.6. The smallest absolute Gasteiger partial charge is 0.191 e. The number of aliphatic imine (C=N–C) groups is 1. The maximum Gasteiger partial charge on any atom is 0.191 e. The number of guanidine groups is 1. The van der Waals surface area contributed by atoms with Crippen LogP contribution in [0.4, 0.5) is 0 Å². The molecule has 2 aromatic rings. The van der Waals surface area contributed by atoms with Crippen molar-refractivity contribution in [3.05, 3.63) is 41.3 Å². The molecule has 2 heterocycles. The summed E-state index contributed by atoms with van der Waals surface area (Å²) in [5, 5.41) is 7.04. The van der Waals surface area contributed by atoms with Crippen molar-refractivity contribution in [1.29, 1.82) is 0 Å². The summed E-state index contributed by atoms with van der Waals surface area (Å²) in [4.78, 5) is 9.92. The molecule has 1 fully saturated rings. The highest BCUT2D eigenvalue weighted by Gasteiger charge is 2.21. The molecule has 0 radical (unpaired) electrons. The van der Waals surface area contributed by atoms with Gasteiger partial charge in [-0.25, -0.2) is 4.99 Å². The van der Waals surface area contributed by atoms with Gasteiger partial charge in [0.15, 0.2) is 5.96 Å². The summed E-state index contributed by atoms with van der Waals surface area (Å²) in [6, 6.07) is 13.7. The number of hydrogen-bond acceptors (Lipinski definition) is 4. The maximum atomic E-state index is 5.25. The lowest BCUT2D eigenvalue weighted by Crippen LogP contribution is -2.49. The Bertz CT molecular complexity index is 776. The van der Waals surface area contributed by atoms with E-state index in [9.17, 15) is 0 Å². The summed E-state index contributed by atoms with van der Waals surface area (Å²) in [5.74, 6) is 1.81. The van der Waals surface area contributed by atoms with Gasteiger partial charge in [0, 0.05) is 41.5 Å². The average Bonchev–Trinajstić information content (AvgIpc) is 3.22. The van der Waals surface area contributed by atoms with Crippen molar-refractivity contribution in [2.24, 2.45) is 4.99 Å². The van der Waals surface area contributed by atoms with Gasteiger partial charge in [0.2, 0.25) is 0 Å². The van der Waals surface area contributed by atoms with Gasteiger partial charge in [-0.2, -0.15) is 0 Å². The topological polar surface area (TPSA) is 48.9 Å². The molecule has 1 saturated heterocycles. The van der Waals surface area contributed by atoms with Gasteiger partial charge >= 0.3 is 0 Å². The minimum atomic E-state index is 0.501. The SMILES string of the molecule is CCNC(=NCc1ccc(-c2ccc(OC)cc2)s1)NC1CCN(C(C)C)CC1. The number of hydrogen-bond donors (Lipinski definition) is 2. The van der Waals surface area contributed by atoms with Crippen LogP contribution in [-0.4, -0.2) is 49.7 Å². The normalized spacial score (nSPS) is 16.2. The second-order valence-electron chi connectivity index (χ2n) is 7.74. The Balaban J connectivity index is 1.58. The van der Waals surface area contributed by atoms with Crippen molar-refractivity contribution in [3.63, 3.8) is 0 Å². The van der Waals surface area contributed by atoms with Gasteiger partial charge in [-0.05, 0) is 75.6 Å². The molecule has 0 aliphatic carbocycles. The molecule has 1 aliphatic heterocycles. The van der Waals surface area contributed by atoms with Gasteiger partial charge in [-0.15, -0.1) is 11.3 Å². The van der Waals surface area contributed by atoms with Gasteiger partial charge < -0.3 is 20.3 Å². The van der Waals surface area contributed by atoms with E-state index in [1.54, 1.807) is 18.4 Å². The summed E-state index contributed by atoms with van der Waals surface area (Å²) >= 11 is 1.80. The highest BCUT2D eigenvalue weighted by molar-refractivity contribution is 7.15. The molecule has 158 valence electrons. The van der Waals surface area contributed by atoms with Gasteiger partial charge in [-0.1, -0.05) is 0 Å². The highest BCUT2D eigenvalue weighted by atomic mass is 32.1. The molecule has 1 aromatic carbocycles. The molecule has 0 bridgehead atoms. The van der Waals surface area contributed by atoms with Crippen LogP contribution in [0.25, 0.3) is 10.4 Å². The standard InChI is InChI=1S/C23H34N4OS/c1-5-24-23(26-19-12-14-27(15-13-19)17(2)3)25-16-21-10-11-22(29-21)18-6-8-20(28-4)9-7-18/h6-11,17,19H,5,12-16H2,1-4H3,(H2,24,25,26). The zero-order valence-corrected chi connectivity index (χ0v) is 18.9. The summed E-state index contributed by atoms with van der Waals surface area (Å²) < 4.78 is 5.25. The zero-order chi connectivity index (χ0) is 20.6. The predicted molar refractivity (Wildman–Crippen MR) is 124 cm³/mol. The van der Waals surface area contributed by atoms with Crippen molar-refractivity contribution in [1.82, 2.24) is 15.5 Å². The van der Waals surface area contributed by atoms with Crippen LogP contribution < -0.4 is 15.4 Å². The highest BCUT2D eigenvalue weighted by Crippen LogP contribution is 2.29. The van der Waals surface area contributed by atoms with E-state index in [0.717, 1.165) is 31.3 Å². The fourth-order valence-electron chi connectivity index (χ4n) is 3.60. The first-order valence-corrected chi connectivity index (χ1v) is 11.4. The van der Waals surface area contributed by atoms with E-state index in [1.807, 2.05) is 12.1 Å². The molecule has 0 saturated carbocycles. The van der Waals surface area contributed by atoms with Crippen LogP contribution in [-0.2, 0) is 6.54 Å². The number of nitrogens with zero attached hydrogens (tertiary/aromatic N) is 2. The van der Waals surface area contributed by atoms with Crippen LogP contribution in [0.1, 0.15) is 38.5 Å². The van der Waals surface area contributed by atoms with Crippen molar-refractivity contribution in [3.8, 4) is 16.2 Å². The molecule has 1 aromatic heterocycles. The third kappa shape index (κ3) is 6.21. The molecule has 0 unspecified atom stereocenters. The number of rotatable bonds is 7. The Labute approximate surface area is 179 Å². The molecule has 2 N–H and O–H groups in total. The third-order valence-electron chi connectivity index (χ3n) is 5.37. The molecule has 0 spiro atoms. The summed E-state index contributed by atoms with van der Waals surface area (Å²) in [7, 11) is 1.69. The number of benzene rings is 1. The van der Waals surface area contributed by atoms with Gasteiger partial charge in [0.25, 0.3) is 0 Å². The Morgan fingerprint density at radius 3 is 2.52 bits per heavy atom. The van der Waals surface area contributed by atoms with Gasteiger partial charge in [0.1, 0.15) is 5.75 Å². The van der Waals surface area contributed by atoms with Crippen LogP contribution >= 0.6 is 11.3 Å². The van der Waals surface area contributed by atoms with Gasteiger partial charge in [-0.3, -0.25) is 0 Å². The zero-order valence-electron chi connectivity index (χ0n) is 18.1. The van der Waals surface area contributed by atoms with Crippen LogP contribution in [0.5, 0.6) is 5.75 Å². The van der Waals surface area contributed by atoms with Gasteiger partial charge in [0.05, 0.1) is 13.7 Å². The van der Waals surface area contributed by atoms with Crippen LogP contribution in [0.3, 0.4) is 0 Å². The van der Waals surface area contributed by atoms with Crippen molar-refractivity contribution in [2.45, 2.75) is 52.2 Å². The van der Waals surface area contributed by atoms with Crippen LogP contribution in [0, 0.1) is 0 Å². The largest absolute Gasteiger partial charge is 0.497 e. The van der Waals surface area contributed by atoms with Crippen LogP contribution in [0.15, 0.2) is 41.4 Å². The van der Waals surface area contributed by atoms with E-state index in [0.29, 0.717) is 18.6 Å². The molecule has 6 heteroatoms. The lowest BCUT2D eigenvalue weighted by molar-refractivity contribution is 0.167. The van der Waals surface area contributed by atoms with Crippen molar-refractivity contribution >= 4 is 17.3 Å². The fraction of sp³-hybridized carbons (Fsp3) is 0.522. The van der Waals surface area contributed by atoms with E-state index in [2.05, 4.69) is 60.6 Å². The molecular formula is C23H34N4OS. The van der Waals surface area contributed by atoms with Crippen molar-refractivity contribution in [2.75, 3.05) is 26.7 Å². The maximum absolute atomic E-state index is 5.25. The molecule has 0 amide bonds. The number of likely N-dealkylation sites (tertiary alicyclic amines) is 1. The number of ether oxygens (including phenoxy) is 1. The van der Waals surface area contributed by atoms with E-state index < -0.39 is 0 Å². The monoisotopic (exact) mass is 414 g/mol. The molecular weight excluding hydrogens is 380 g/mol.